The highest BCUT2D eigenvalue weighted by Crippen LogP contribution is 2.13. The first kappa shape index (κ1) is 14.3. The molecule has 20 heavy (non-hydrogen) atoms. The van der Waals surface area contributed by atoms with E-state index >= 15 is 0 Å². The van der Waals surface area contributed by atoms with E-state index in [2.05, 4.69) is 4.98 Å². The Morgan fingerprint density at radius 3 is 2.35 bits per heavy atom. The number of aromatic nitrogens is 1. The zero-order valence-corrected chi connectivity index (χ0v) is 11.0. The van der Waals surface area contributed by atoms with E-state index in [1.807, 2.05) is 12.1 Å². The molecule has 1 aromatic heterocycles. The van der Waals surface area contributed by atoms with Gasteiger partial charge < -0.3 is 0 Å². The second-order valence-corrected chi connectivity index (χ2v) is 4.55. The van der Waals surface area contributed by atoms with Crippen molar-refractivity contribution in [2.24, 2.45) is 0 Å². The Morgan fingerprint density at radius 2 is 1.75 bits per heavy atom. The number of likely N-dealkylation sites (N-methyl/N-ethyl adjacent to an activating group) is 1. The Balaban J connectivity index is 2.04. The fourth-order valence-corrected chi connectivity index (χ4v) is 1.94. The average molecular weight is 276 g/mol. The molecule has 1 heterocycles. The molecule has 3 nitrogen and oxygen atoms in total. The number of Topliss-reactive ketones (excluding diaryl/α,β-unsaturated/α-hetero) is 1. The number of hydrogen-bond acceptors (Lipinski definition) is 3. The number of pyridine rings is 1. The molecule has 0 N–H and O–H groups in total. The highest BCUT2D eigenvalue weighted by atomic mass is 19.1. The number of carbonyl (C=O) groups excluding carboxylic acids is 1. The molecule has 0 atom stereocenters. The van der Waals surface area contributed by atoms with E-state index in [1.165, 1.54) is 6.07 Å². The van der Waals surface area contributed by atoms with Crippen LogP contribution in [0.15, 0.2) is 42.7 Å². The van der Waals surface area contributed by atoms with Gasteiger partial charge in [0.1, 0.15) is 11.6 Å². The Hall–Kier alpha value is -2.14. The summed E-state index contributed by atoms with van der Waals surface area (Å²) in [5.41, 5.74) is 0.499. The van der Waals surface area contributed by atoms with Crippen molar-refractivity contribution in [3.05, 3.63) is 65.5 Å². The van der Waals surface area contributed by atoms with Crippen LogP contribution in [-0.2, 0) is 6.54 Å². The molecule has 0 bridgehead atoms. The van der Waals surface area contributed by atoms with Gasteiger partial charge in [0.25, 0.3) is 0 Å². The second kappa shape index (κ2) is 6.34. The van der Waals surface area contributed by atoms with E-state index in [1.54, 1.807) is 24.3 Å². The Morgan fingerprint density at radius 1 is 1.15 bits per heavy atom. The molecule has 0 fully saturated rings. The number of halogens is 2. The monoisotopic (exact) mass is 276 g/mol. The standard InChI is InChI=1S/C15H14F2N2O/c1-19(9-11-5-7-18-8-6-11)10-14(20)15-12(16)3-2-4-13(15)17/h2-8H,9-10H2,1H3. The van der Waals surface area contributed by atoms with Crippen molar-refractivity contribution in [2.75, 3.05) is 13.6 Å². The first-order chi connectivity index (χ1) is 9.58. The summed E-state index contributed by atoms with van der Waals surface area (Å²) in [5.74, 6) is -2.23. The number of hydrogen-bond donors (Lipinski definition) is 0. The predicted molar refractivity (Wildman–Crippen MR) is 71.3 cm³/mol. The molecule has 0 amide bonds. The van der Waals surface area contributed by atoms with Gasteiger partial charge in [-0.25, -0.2) is 8.78 Å². The zero-order valence-electron chi connectivity index (χ0n) is 11.0. The molecule has 0 unspecified atom stereocenters. The minimum Gasteiger partial charge on any atom is -0.295 e. The van der Waals surface area contributed by atoms with Crippen molar-refractivity contribution < 1.29 is 13.6 Å². The molecule has 0 aliphatic carbocycles. The van der Waals surface area contributed by atoms with Gasteiger partial charge in [-0.3, -0.25) is 14.7 Å². The molecule has 0 aliphatic rings. The van der Waals surface area contributed by atoms with Gasteiger partial charge in [-0.05, 0) is 36.9 Å². The SMILES string of the molecule is CN(CC(=O)c1c(F)cccc1F)Cc1ccncc1. The van der Waals surface area contributed by atoms with Crippen molar-refractivity contribution in [3.63, 3.8) is 0 Å². The highest BCUT2D eigenvalue weighted by Gasteiger charge is 2.18. The number of nitrogens with zero attached hydrogens (tertiary/aromatic N) is 2. The van der Waals surface area contributed by atoms with E-state index in [4.69, 9.17) is 0 Å². The van der Waals surface area contributed by atoms with Crippen LogP contribution in [0.4, 0.5) is 8.78 Å². The van der Waals surface area contributed by atoms with Gasteiger partial charge in [0.15, 0.2) is 5.78 Å². The van der Waals surface area contributed by atoms with Crippen molar-refractivity contribution >= 4 is 5.78 Å². The third-order valence-corrected chi connectivity index (χ3v) is 2.86. The van der Waals surface area contributed by atoms with Crippen molar-refractivity contribution in [1.82, 2.24) is 9.88 Å². The molecule has 0 spiro atoms. The fraction of sp³-hybridized carbons (Fsp3) is 0.200. The third kappa shape index (κ3) is 3.45. The molecule has 0 radical (unpaired) electrons. The lowest BCUT2D eigenvalue weighted by atomic mass is 10.1. The Kier molecular flexibility index (Phi) is 4.53. The summed E-state index contributed by atoms with van der Waals surface area (Å²) in [4.78, 5) is 17.6. The lowest BCUT2D eigenvalue weighted by molar-refractivity contribution is 0.0934. The fourth-order valence-electron chi connectivity index (χ4n) is 1.94. The summed E-state index contributed by atoms with van der Waals surface area (Å²) >= 11 is 0. The first-order valence-corrected chi connectivity index (χ1v) is 6.12. The predicted octanol–water partition coefficient (Wildman–Crippen LogP) is 2.67. The number of ketones is 1. The molecule has 1 aromatic carbocycles. The van der Waals surface area contributed by atoms with Crippen LogP contribution in [0.1, 0.15) is 15.9 Å². The van der Waals surface area contributed by atoms with Gasteiger partial charge in [-0.15, -0.1) is 0 Å². The van der Waals surface area contributed by atoms with Gasteiger partial charge >= 0.3 is 0 Å². The summed E-state index contributed by atoms with van der Waals surface area (Å²) in [6.45, 7) is 0.449. The van der Waals surface area contributed by atoms with Gasteiger partial charge in [-0.1, -0.05) is 6.07 Å². The summed E-state index contributed by atoms with van der Waals surface area (Å²) in [7, 11) is 1.72. The van der Waals surface area contributed by atoms with Gasteiger partial charge in [0, 0.05) is 18.9 Å². The zero-order chi connectivity index (χ0) is 14.5. The largest absolute Gasteiger partial charge is 0.295 e. The summed E-state index contributed by atoms with van der Waals surface area (Å²) in [6.07, 6.45) is 3.31. The average Bonchev–Trinajstić information content (AvgIpc) is 2.39. The maximum absolute atomic E-state index is 13.5. The van der Waals surface area contributed by atoms with Crippen LogP contribution in [0, 0.1) is 11.6 Å². The quantitative estimate of drug-likeness (QED) is 0.787. The first-order valence-electron chi connectivity index (χ1n) is 6.12. The maximum Gasteiger partial charge on any atom is 0.182 e. The van der Waals surface area contributed by atoms with Gasteiger partial charge in [0.2, 0.25) is 0 Å². The number of benzene rings is 1. The Bertz CT molecular complexity index is 582. The summed E-state index contributed by atoms with van der Waals surface area (Å²) in [5, 5.41) is 0. The summed E-state index contributed by atoms with van der Waals surface area (Å²) < 4.78 is 27.0. The number of carbonyl (C=O) groups is 1. The molecule has 2 aromatic rings. The lowest BCUT2D eigenvalue weighted by Crippen LogP contribution is -2.26. The van der Waals surface area contributed by atoms with Crippen LogP contribution in [0.25, 0.3) is 0 Å². The van der Waals surface area contributed by atoms with Crippen molar-refractivity contribution in [3.8, 4) is 0 Å². The maximum atomic E-state index is 13.5. The van der Waals surface area contributed by atoms with E-state index < -0.39 is 23.0 Å². The highest BCUT2D eigenvalue weighted by molar-refractivity contribution is 5.98. The van der Waals surface area contributed by atoms with Crippen LogP contribution in [0.5, 0.6) is 0 Å². The minimum atomic E-state index is -0.827. The van der Waals surface area contributed by atoms with Gasteiger partial charge in [0.05, 0.1) is 12.1 Å². The molecule has 0 saturated carbocycles. The molecular formula is C15H14F2N2O. The minimum absolute atomic E-state index is 0.0554. The normalized spacial score (nSPS) is 10.8. The van der Waals surface area contributed by atoms with E-state index in [9.17, 15) is 13.6 Å². The van der Waals surface area contributed by atoms with E-state index in [-0.39, 0.29) is 6.54 Å². The molecule has 0 saturated heterocycles. The Labute approximate surface area is 115 Å². The molecule has 0 aliphatic heterocycles. The molecule has 104 valence electrons. The lowest BCUT2D eigenvalue weighted by Gasteiger charge is -2.16. The second-order valence-electron chi connectivity index (χ2n) is 4.55. The van der Waals surface area contributed by atoms with Crippen molar-refractivity contribution in [1.29, 1.82) is 0 Å². The van der Waals surface area contributed by atoms with E-state index in [0.29, 0.717) is 6.54 Å². The van der Waals surface area contributed by atoms with E-state index in [0.717, 1.165) is 17.7 Å². The summed E-state index contributed by atoms with van der Waals surface area (Å²) in [6, 6.07) is 7.05. The molecule has 2 rings (SSSR count). The number of rotatable bonds is 5. The van der Waals surface area contributed by atoms with Crippen molar-refractivity contribution in [2.45, 2.75) is 6.54 Å². The molecule has 5 heteroatoms. The topological polar surface area (TPSA) is 33.2 Å². The van der Waals surface area contributed by atoms with Crippen LogP contribution in [0.3, 0.4) is 0 Å². The van der Waals surface area contributed by atoms with Crippen LogP contribution in [0.2, 0.25) is 0 Å². The van der Waals surface area contributed by atoms with Crippen LogP contribution < -0.4 is 0 Å². The van der Waals surface area contributed by atoms with Crippen LogP contribution in [-0.4, -0.2) is 29.3 Å². The smallest absolute Gasteiger partial charge is 0.182 e. The van der Waals surface area contributed by atoms with Gasteiger partial charge in [-0.2, -0.15) is 0 Å². The molecular weight excluding hydrogens is 262 g/mol. The van der Waals surface area contributed by atoms with Crippen LogP contribution >= 0.6 is 0 Å². The third-order valence-electron chi connectivity index (χ3n) is 2.86.